The van der Waals surface area contributed by atoms with Crippen molar-refractivity contribution in [3.8, 4) is 0 Å². The molecule has 0 aliphatic carbocycles. The molecule has 18 heavy (non-hydrogen) atoms. The van der Waals surface area contributed by atoms with Crippen molar-refractivity contribution < 1.29 is 13.3 Å². The van der Waals surface area contributed by atoms with Crippen molar-refractivity contribution in [1.82, 2.24) is 10.3 Å². The summed E-state index contributed by atoms with van der Waals surface area (Å²) >= 11 is 4.44. The van der Waals surface area contributed by atoms with Gasteiger partial charge in [-0.15, -0.1) is 4.83 Å². The number of nitrogens with one attached hydrogen (secondary N) is 2. The van der Waals surface area contributed by atoms with Gasteiger partial charge in [-0.2, -0.15) is 0 Å². The summed E-state index contributed by atoms with van der Waals surface area (Å²) in [7, 11) is -4.13. The maximum atomic E-state index is 11.9. The van der Waals surface area contributed by atoms with Crippen molar-refractivity contribution in [2.75, 3.05) is 0 Å². The number of nitro benzene ring substituents is 1. The fourth-order valence-electron chi connectivity index (χ4n) is 1.30. The van der Waals surface area contributed by atoms with Gasteiger partial charge in [0.25, 0.3) is 15.7 Å². The van der Waals surface area contributed by atoms with E-state index in [-0.39, 0.29) is 10.7 Å². The van der Waals surface area contributed by atoms with Gasteiger partial charge in [0.05, 0.1) is 4.92 Å². The summed E-state index contributed by atoms with van der Waals surface area (Å²) in [6.45, 7) is 1.45. The fraction of sp³-hybridized carbons (Fsp3) is 0.125. The Morgan fingerprint density at radius 1 is 1.50 bits per heavy atom. The first-order valence-corrected chi connectivity index (χ1v) is 6.46. The summed E-state index contributed by atoms with van der Waals surface area (Å²) in [5.74, 6) is 0. The third-order valence-corrected chi connectivity index (χ3v) is 3.51. The van der Waals surface area contributed by atoms with Gasteiger partial charge in [-0.1, -0.05) is 12.1 Å². The molecule has 0 saturated heterocycles. The Kier molecular flexibility index (Phi) is 4.16. The molecule has 98 valence electrons. The molecule has 0 fully saturated rings. The monoisotopic (exact) mass is 290 g/mol. The number of hydrazine groups is 1. The summed E-state index contributed by atoms with van der Waals surface area (Å²) < 4.78 is 23.8. The first-order chi connectivity index (χ1) is 8.25. The number of benzene rings is 1. The van der Waals surface area contributed by atoms with E-state index in [4.69, 9.17) is 5.73 Å². The smallest absolute Gasteiger partial charge is 0.289 e. The second-order valence-electron chi connectivity index (χ2n) is 3.28. The lowest BCUT2D eigenvalue weighted by Crippen LogP contribution is -2.44. The molecule has 10 heteroatoms. The normalized spacial score (nSPS) is 10.9. The fourth-order valence-corrected chi connectivity index (χ4v) is 2.67. The molecule has 0 aliphatic heterocycles. The van der Waals surface area contributed by atoms with Crippen molar-refractivity contribution in [2.45, 2.75) is 11.8 Å². The highest BCUT2D eigenvalue weighted by atomic mass is 32.2. The largest absolute Gasteiger partial charge is 0.375 e. The standard InChI is InChI=1S/C8H10N4O4S2/c1-5-3-2-4-6(12(13)14)7(5)18(15,16)11-10-8(9)17/h2-4,11H,1H3,(H3,9,10,17). The average molecular weight is 290 g/mol. The predicted octanol–water partition coefficient (Wildman–Crippen LogP) is -0.0703. The number of hydrogen-bond acceptors (Lipinski definition) is 5. The Morgan fingerprint density at radius 2 is 2.11 bits per heavy atom. The van der Waals surface area contributed by atoms with Crippen LogP contribution >= 0.6 is 12.2 Å². The lowest BCUT2D eigenvalue weighted by atomic mass is 10.2. The number of nitrogens with zero attached hydrogens (tertiary/aromatic N) is 1. The van der Waals surface area contributed by atoms with Crippen molar-refractivity contribution in [2.24, 2.45) is 5.73 Å². The number of nitrogens with two attached hydrogens (primary N) is 1. The van der Waals surface area contributed by atoms with Crippen LogP contribution < -0.4 is 16.0 Å². The van der Waals surface area contributed by atoms with Gasteiger partial charge >= 0.3 is 0 Å². The third-order valence-electron chi connectivity index (χ3n) is 1.97. The molecule has 0 aliphatic rings. The minimum Gasteiger partial charge on any atom is -0.375 e. The highest BCUT2D eigenvalue weighted by molar-refractivity contribution is 7.89. The van der Waals surface area contributed by atoms with Crippen molar-refractivity contribution in [3.63, 3.8) is 0 Å². The molecule has 4 N–H and O–H groups in total. The van der Waals surface area contributed by atoms with Gasteiger partial charge in [0.1, 0.15) is 0 Å². The summed E-state index contributed by atoms with van der Waals surface area (Å²) in [5, 5.41) is 10.5. The van der Waals surface area contributed by atoms with Gasteiger partial charge in [0.2, 0.25) is 0 Å². The Bertz CT molecular complexity index is 599. The van der Waals surface area contributed by atoms with E-state index in [1.807, 2.05) is 10.3 Å². The Labute approximate surface area is 108 Å². The maximum Gasteiger partial charge on any atom is 0.289 e. The number of rotatable bonds is 4. The van der Waals surface area contributed by atoms with E-state index in [1.54, 1.807) is 0 Å². The molecule has 0 radical (unpaired) electrons. The van der Waals surface area contributed by atoms with Crippen LogP contribution in [0.25, 0.3) is 0 Å². The zero-order valence-electron chi connectivity index (χ0n) is 9.21. The van der Waals surface area contributed by atoms with Gasteiger partial charge in [-0.3, -0.25) is 15.5 Å². The van der Waals surface area contributed by atoms with Gasteiger partial charge in [0.15, 0.2) is 10.0 Å². The van der Waals surface area contributed by atoms with E-state index in [0.717, 1.165) is 6.07 Å². The van der Waals surface area contributed by atoms with Crippen LogP contribution in [-0.2, 0) is 10.0 Å². The maximum absolute atomic E-state index is 11.9. The second kappa shape index (κ2) is 5.25. The average Bonchev–Trinajstić information content (AvgIpc) is 2.25. The number of thiocarbonyl (C=S) groups is 1. The summed E-state index contributed by atoms with van der Waals surface area (Å²) in [6, 6.07) is 3.94. The topological polar surface area (TPSA) is 127 Å². The third kappa shape index (κ3) is 3.12. The number of sulfonamides is 1. The molecule has 8 nitrogen and oxygen atoms in total. The molecule has 0 saturated carbocycles. The van der Waals surface area contributed by atoms with E-state index >= 15 is 0 Å². The Hall–Kier alpha value is -1.78. The number of hydrogen-bond donors (Lipinski definition) is 3. The highest BCUT2D eigenvalue weighted by Gasteiger charge is 2.27. The molecule has 0 spiro atoms. The molecule has 1 rings (SSSR count). The van der Waals surface area contributed by atoms with Crippen molar-refractivity contribution >= 4 is 33.0 Å². The molecule has 0 amide bonds. The van der Waals surface area contributed by atoms with Gasteiger partial charge in [-0.25, -0.2) is 8.42 Å². The molecule has 0 atom stereocenters. The predicted molar refractivity (Wildman–Crippen MR) is 68.1 cm³/mol. The summed E-state index contributed by atoms with van der Waals surface area (Å²) in [6.07, 6.45) is 0. The molecule has 0 aromatic heterocycles. The van der Waals surface area contributed by atoms with Crippen LogP contribution in [0.3, 0.4) is 0 Å². The summed E-state index contributed by atoms with van der Waals surface area (Å²) in [5.41, 5.74) is 6.82. The van der Waals surface area contributed by atoms with E-state index in [9.17, 15) is 18.5 Å². The van der Waals surface area contributed by atoms with Crippen molar-refractivity contribution in [1.29, 1.82) is 0 Å². The van der Waals surface area contributed by atoms with Crippen molar-refractivity contribution in [3.05, 3.63) is 33.9 Å². The molecule has 0 heterocycles. The molecule has 0 unspecified atom stereocenters. The first kappa shape index (κ1) is 14.3. The molecular formula is C8H10N4O4S2. The van der Waals surface area contributed by atoms with E-state index < -0.39 is 25.5 Å². The molecule has 1 aromatic rings. The lowest BCUT2D eigenvalue weighted by molar-refractivity contribution is -0.387. The van der Waals surface area contributed by atoms with Crippen LogP contribution in [0.4, 0.5) is 5.69 Å². The molecule has 1 aromatic carbocycles. The van der Waals surface area contributed by atoms with E-state index in [0.29, 0.717) is 0 Å². The summed E-state index contributed by atoms with van der Waals surface area (Å²) in [4.78, 5) is 11.5. The van der Waals surface area contributed by atoms with Gasteiger partial charge in [-0.05, 0) is 24.7 Å². The zero-order chi connectivity index (χ0) is 13.9. The Balaban J connectivity index is 3.31. The Morgan fingerprint density at radius 3 is 2.61 bits per heavy atom. The van der Waals surface area contributed by atoms with E-state index in [1.165, 1.54) is 19.1 Å². The molecular weight excluding hydrogens is 280 g/mol. The first-order valence-electron chi connectivity index (χ1n) is 4.57. The van der Waals surface area contributed by atoms with Crippen LogP contribution in [0, 0.1) is 17.0 Å². The highest BCUT2D eigenvalue weighted by Crippen LogP contribution is 2.26. The minimum atomic E-state index is -4.13. The van der Waals surface area contributed by atoms with Crippen LogP contribution in [0.5, 0.6) is 0 Å². The van der Waals surface area contributed by atoms with Gasteiger partial charge in [0, 0.05) is 6.07 Å². The molecule has 0 bridgehead atoms. The quantitative estimate of drug-likeness (QED) is 0.402. The number of nitro groups is 1. The van der Waals surface area contributed by atoms with Gasteiger partial charge < -0.3 is 5.73 Å². The zero-order valence-corrected chi connectivity index (χ0v) is 10.8. The lowest BCUT2D eigenvalue weighted by Gasteiger charge is -2.10. The minimum absolute atomic E-state index is 0.237. The van der Waals surface area contributed by atoms with Crippen LogP contribution in [0.2, 0.25) is 0 Å². The van der Waals surface area contributed by atoms with Crippen LogP contribution in [0.1, 0.15) is 5.56 Å². The van der Waals surface area contributed by atoms with Crippen LogP contribution in [-0.4, -0.2) is 18.5 Å². The SMILES string of the molecule is Cc1cccc([N+](=O)[O-])c1S(=O)(=O)NNC(N)=S. The number of aryl methyl sites for hydroxylation is 1. The van der Waals surface area contributed by atoms with E-state index in [2.05, 4.69) is 12.2 Å². The second-order valence-corrected chi connectivity index (χ2v) is 5.33. The van der Waals surface area contributed by atoms with Crippen LogP contribution in [0.15, 0.2) is 23.1 Å².